The monoisotopic (exact) mass is 351 g/mol. The Labute approximate surface area is 140 Å². The van der Waals surface area contributed by atoms with E-state index in [0.29, 0.717) is 23.0 Å². The molecular weight excluding hydrogens is 334 g/mol. The molecule has 0 radical (unpaired) electrons. The molecule has 0 saturated carbocycles. The van der Waals surface area contributed by atoms with Gasteiger partial charge in [-0.15, -0.1) is 0 Å². The van der Waals surface area contributed by atoms with E-state index in [1.165, 1.54) is 12.1 Å². The van der Waals surface area contributed by atoms with Gasteiger partial charge in [0.1, 0.15) is 18.1 Å². The third kappa shape index (κ3) is 3.72. The maximum atomic E-state index is 12.3. The molecule has 0 fully saturated rings. The summed E-state index contributed by atoms with van der Waals surface area (Å²) in [6.07, 6.45) is 0. The Hall–Kier alpha value is -2.45. The van der Waals surface area contributed by atoms with Gasteiger partial charge in [0.15, 0.2) is 11.5 Å². The molecule has 1 aliphatic heterocycles. The van der Waals surface area contributed by atoms with Crippen molar-refractivity contribution >= 4 is 10.0 Å². The normalized spacial score (nSPS) is 12.9. The molecule has 0 bridgehead atoms. The Kier molecular flexibility index (Phi) is 4.77. The summed E-state index contributed by atoms with van der Waals surface area (Å²) in [7, 11) is -2.07. The number of sulfonamides is 1. The summed E-state index contributed by atoms with van der Waals surface area (Å²) < 4.78 is 48.0. The fourth-order valence-electron chi connectivity index (χ4n) is 2.16. The van der Waals surface area contributed by atoms with Crippen LogP contribution in [0.15, 0.2) is 47.4 Å². The highest BCUT2D eigenvalue weighted by Crippen LogP contribution is 2.33. The van der Waals surface area contributed by atoms with Gasteiger partial charge in [-0.05, 0) is 24.3 Å². The standard InChI is InChI=1S/C16H17NO6S/c1-20-12-3-2-4-13(9-12)21-8-7-17-24(18,19)14-5-6-15-16(10-14)23-11-22-15/h2-6,9-10,17H,7-8,11H2,1H3. The summed E-state index contributed by atoms with van der Waals surface area (Å²) in [5, 5.41) is 0. The van der Waals surface area contributed by atoms with Gasteiger partial charge < -0.3 is 18.9 Å². The zero-order chi connectivity index (χ0) is 17.0. The average Bonchev–Trinajstić information content (AvgIpc) is 3.06. The second-order valence-corrected chi connectivity index (χ2v) is 6.71. The lowest BCUT2D eigenvalue weighted by molar-refractivity contribution is 0.174. The van der Waals surface area contributed by atoms with E-state index >= 15 is 0 Å². The topological polar surface area (TPSA) is 83.1 Å². The number of methoxy groups -OCH3 is 1. The van der Waals surface area contributed by atoms with Gasteiger partial charge in [-0.25, -0.2) is 13.1 Å². The van der Waals surface area contributed by atoms with Crippen LogP contribution in [0.4, 0.5) is 0 Å². The van der Waals surface area contributed by atoms with Crippen molar-refractivity contribution in [2.45, 2.75) is 4.90 Å². The molecular formula is C16H17NO6S. The van der Waals surface area contributed by atoms with E-state index in [0.717, 1.165) is 0 Å². The summed E-state index contributed by atoms with van der Waals surface area (Å²) >= 11 is 0. The van der Waals surface area contributed by atoms with Crippen LogP contribution >= 0.6 is 0 Å². The largest absolute Gasteiger partial charge is 0.497 e. The second kappa shape index (κ2) is 6.98. The Morgan fingerprint density at radius 3 is 2.71 bits per heavy atom. The Bertz CT molecular complexity index is 821. The first kappa shape index (κ1) is 16.4. The van der Waals surface area contributed by atoms with Gasteiger partial charge in [-0.2, -0.15) is 0 Å². The van der Waals surface area contributed by atoms with Gasteiger partial charge in [0.2, 0.25) is 16.8 Å². The lowest BCUT2D eigenvalue weighted by Gasteiger charge is -2.10. The molecule has 1 heterocycles. The highest BCUT2D eigenvalue weighted by molar-refractivity contribution is 7.89. The number of rotatable bonds is 7. The smallest absolute Gasteiger partial charge is 0.240 e. The highest BCUT2D eigenvalue weighted by atomic mass is 32.2. The van der Waals surface area contributed by atoms with Crippen molar-refractivity contribution < 1.29 is 27.4 Å². The van der Waals surface area contributed by atoms with E-state index in [2.05, 4.69) is 4.72 Å². The van der Waals surface area contributed by atoms with Crippen molar-refractivity contribution in [2.24, 2.45) is 0 Å². The SMILES string of the molecule is COc1cccc(OCCNS(=O)(=O)c2ccc3c(c2)OCO3)c1. The molecule has 24 heavy (non-hydrogen) atoms. The van der Waals surface area contributed by atoms with Gasteiger partial charge >= 0.3 is 0 Å². The maximum absolute atomic E-state index is 12.3. The number of benzene rings is 2. The van der Waals surface area contributed by atoms with Crippen LogP contribution in [0, 0.1) is 0 Å². The molecule has 2 aromatic carbocycles. The highest BCUT2D eigenvalue weighted by Gasteiger charge is 2.19. The molecule has 0 unspecified atom stereocenters. The lowest BCUT2D eigenvalue weighted by atomic mass is 10.3. The molecule has 1 aliphatic rings. The van der Waals surface area contributed by atoms with Gasteiger partial charge in [0, 0.05) is 18.7 Å². The van der Waals surface area contributed by atoms with Gasteiger partial charge in [-0.3, -0.25) is 0 Å². The summed E-state index contributed by atoms with van der Waals surface area (Å²) in [6, 6.07) is 11.6. The minimum absolute atomic E-state index is 0.0979. The molecule has 0 atom stereocenters. The average molecular weight is 351 g/mol. The zero-order valence-corrected chi connectivity index (χ0v) is 13.8. The van der Waals surface area contributed by atoms with E-state index < -0.39 is 10.0 Å². The molecule has 0 aliphatic carbocycles. The van der Waals surface area contributed by atoms with E-state index in [-0.39, 0.29) is 24.8 Å². The van der Waals surface area contributed by atoms with Crippen LogP contribution < -0.4 is 23.7 Å². The number of nitrogens with one attached hydrogen (secondary N) is 1. The predicted molar refractivity (Wildman–Crippen MR) is 86.2 cm³/mol. The first-order chi connectivity index (χ1) is 11.6. The number of hydrogen-bond donors (Lipinski definition) is 1. The van der Waals surface area contributed by atoms with E-state index in [1.807, 2.05) is 0 Å². The first-order valence-electron chi connectivity index (χ1n) is 7.25. The Morgan fingerprint density at radius 2 is 1.88 bits per heavy atom. The number of ether oxygens (including phenoxy) is 4. The van der Waals surface area contributed by atoms with Crippen LogP contribution in [0.1, 0.15) is 0 Å². The van der Waals surface area contributed by atoms with Gasteiger partial charge in [-0.1, -0.05) is 6.07 Å². The minimum atomic E-state index is -3.64. The van der Waals surface area contributed by atoms with Crippen LogP contribution in [0.25, 0.3) is 0 Å². The Balaban J connectivity index is 1.55. The van der Waals surface area contributed by atoms with Gasteiger partial charge in [0.25, 0.3) is 0 Å². The van der Waals surface area contributed by atoms with Crippen LogP contribution in [0.3, 0.4) is 0 Å². The van der Waals surface area contributed by atoms with Crippen LogP contribution in [0.5, 0.6) is 23.0 Å². The second-order valence-electron chi connectivity index (χ2n) is 4.94. The fourth-order valence-corrected chi connectivity index (χ4v) is 3.19. The molecule has 3 rings (SSSR count). The van der Waals surface area contributed by atoms with Crippen molar-refractivity contribution in [3.05, 3.63) is 42.5 Å². The first-order valence-corrected chi connectivity index (χ1v) is 8.73. The molecule has 0 saturated heterocycles. The maximum Gasteiger partial charge on any atom is 0.240 e. The van der Waals surface area contributed by atoms with Crippen LogP contribution in [0.2, 0.25) is 0 Å². The summed E-state index contributed by atoms with van der Waals surface area (Å²) in [5.74, 6) is 2.24. The van der Waals surface area contributed by atoms with E-state index in [4.69, 9.17) is 18.9 Å². The molecule has 8 heteroatoms. The Morgan fingerprint density at radius 1 is 1.08 bits per heavy atom. The van der Waals surface area contributed by atoms with Crippen molar-refractivity contribution in [2.75, 3.05) is 27.1 Å². The van der Waals surface area contributed by atoms with Gasteiger partial charge in [0.05, 0.1) is 12.0 Å². The quantitative estimate of drug-likeness (QED) is 0.766. The molecule has 0 spiro atoms. The third-order valence-corrected chi connectivity index (χ3v) is 4.82. The number of fused-ring (bicyclic) bond motifs is 1. The van der Waals surface area contributed by atoms with Crippen LogP contribution in [-0.2, 0) is 10.0 Å². The van der Waals surface area contributed by atoms with E-state index in [9.17, 15) is 8.42 Å². The predicted octanol–water partition coefficient (Wildman–Crippen LogP) is 1.78. The van der Waals surface area contributed by atoms with E-state index in [1.54, 1.807) is 37.4 Å². The van der Waals surface area contributed by atoms with Crippen LogP contribution in [-0.4, -0.2) is 35.5 Å². The molecule has 1 N–H and O–H groups in total. The fraction of sp³-hybridized carbons (Fsp3) is 0.250. The summed E-state index contributed by atoms with van der Waals surface area (Å²) in [5.41, 5.74) is 0. The van der Waals surface area contributed by atoms with Crippen molar-refractivity contribution in [3.8, 4) is 23.0 Å². The van der Waals surface area contributed by atoms with Crippen molar-refractivity contribution in [1.29, 1.82) is 0 Å². The minimum Gasteiger partial charge on any atom is -0.497 e. The molecule has 7 nitrogen and oxygen atoms in total. The van der Waals surface area contributed by atoms with Crippen molar-refractivity contribution in [3.63, 3.8) is 0 Å². The van der Waals surface area contributed by atoms with Crippen molar-refractivity contribution in [1.82, 2.24) is 4.72 Å². The molecule has 0 amide bonds. The zero-order valence-electron chi connectivity index (χ0n) is 13.0. The molecule has 128 valence electrons. The lowest BCUT2D eigenvalue weighted by Crippen LogP contribution is -2.28. The number of hydrogen-bond acceptors (Lipinski definition) is 6. The summed E-state index contributed by atoms with van der Waals surface area (Å²) in [4.78, 5) is 0.119. The molecule has 2 aromatic rings. The summed E-state index contributed by atoms with van der Waals surface area (Å²) in [6.45, 7) is 0.422. The molecule has 0 aromatic heterocycles. The third-order valence-electron chi connectivity index (χ3n) is 3.36.